The number of aromatic nitrogens is 3. The second-order valence-electron chi connectivity index (χ2n) is 10.2. The van der Waals surface area contributed by atoms with E-state index in [1.807, 2.05) is 48.9 Å². The smallest absolute Gasteiger partial charge is 0.319 e. The number of rotatable bonds is 8. The lowest BCUT2D eigenvalue weighted by molar-refractivity contribution is 0.123. The van der Waals surface area contributed by atoms with Crippen molar-refractivity contribution in [3.63, 3.8) is 0 Å². The maximum atomic E-state index is 12.7. The van der Waals surface area contributed by atoms with E-state index in [4.69, 9.17) is 9.97 Å². The Morgan fingerprint density at radius 3 is 2.70 bits per heavy atom. The summed E-state index contributed by atoms with van der Waals surface area (Å²) in [5.74, 6) is 0. The summed E-state index contributed by atoms with van der Waals surface area (Å²) >= 11 is 0. The van der Waals surface area contributed by atoms with Crippen molar-refractivity contribution < 1.29 is 4.79 Å². The lowest BCUT2D eigenvalue weighted by atomic mass is 9.91. The molecule has 2 N–H and O–H groups in total. The van der Waals surface area contributed by atoms with Gasteiger partial charge in [0, 0.05) is 44.6 Å². The molecule has 1 atom stereocenters. The second kappa shape index (κ2) is 11.9. The van der Waals surface area contributed by atoms with Crippen LogP contribution in [-0.2, 0) is 26.2 Å². The number of piperazine rings is 1. The van der Waals surface area contributed by atoms with Gasteiger partial charge >= 0.3 is 6.03 Å². The van der Waals surface area contributed by atoms with E-state index in [0.717, 1.165) is 62.8 Å². The van der Waals surface area contributed by atoms with Crippen LogP contribution in [0.3, 0.4) is 0 Å². The number of fused-ring (bicyclic) bond motifs is 1. The van der Waals surface area contributed by atoms with Crippen LogP contribution in [0.15, 0.2) is 55.0 Å². The third kappa shape index (κ3) is 6.36. The highest BCUT2D eigenvalue weighted by atomic mass is 16.2. The van der Waals surface area contributed by atoms with Gasteiger partial charge in [-0.2, -0.15) is 0 Å². The molecule has 0 radical (unpaired) electrons. The molecule has 3 aromatic rings. The number of benzene rings is 1. The zero-order chi connectivity index (χ0) is 25.6. The Morgan fingerprint density at radius 1 is 1.08 bits per heavy atom. The maximum Gasteiger partial charge on any atom is 0.319 e. The van der Waals surface area contributed by atoms with Crippen molar-refractivity contribution in [2.24, 2.45) is 0 Å². The van der Waals surface area contributed by atoms with Gasteiger partial charge in [-0.25, -0.2) is 9.78 Å². The minimum atomic E-state index is -0.219. The molecule has 3 heterocycles. The van der Waals surface area contributed by atoms with Crippen LogP contribution in [0, 0.1) is 0 Å². The van der Waals surface area contributed by atoms with Crippen molar-refractivity contribution in [2.75, 3.05) is 45.6 Å². The van der Waals surface area contributed by atoms with Gasteiger partial charge in [0.15, 0.2) is 0 Å². The number of amides is 2. The Kier molecular flexibility index (Phi) is 8.13. The highest BCUT2D eigenvalue weighted by Gasteiger charge is 2.26. The summed E-state index contributed by atoms with van der Waals surface area (Å²) in [6.07, 6.45) is 7.19. The SMILES string of the molecule is CN1CCN(Cn2cnc(CN(C)[C@H]3CCCc4cccnc43)c2CNC(=O)Nc2ccccc2)CC1. The van der Waals surface area contributed by atoms with Crippen molar-refractivity contribution in [3.8, 4) is 0 Å². The highest BCUT2D eigenvalue weighted by Crippen LogP contribution is 2.32. The molecule has 9 heteroatoms. The minimum absolute atomic E-state index is 0.219. The van der Waals surface area contributed by atoms with Crippen molar-refractivity contribution in [1.82, 2.24) is 34.6 Å². The van der Waals surface area contributed by atoms with Crippen molar-refractivity contribution in [3.05, 3.63) is 77.6 Å². The standard InChI is InChI=1S/C28H38N8O/c1-33-14-16-35(17-15-33)21-36-20-31-24(26(36)18-30-28(37)32-23-10-4-3-5-11-23)19-34(2)25-12-6-8-22-9-7-13-29-27(22)25/h3-5,7,9-11,13,20,25H,6,8,12,14-19,21H2,1-2H3,(H2,30,32,37)/t25-/m0/s1. The monoisotopic (exact) mass is 502 g/mol. The van der Waals surface area contributed by atoms with E-state index in [2.05, 4.69) is 50.1 Å². The predicted molar refractivity (Wildman–Crippen MR) is 145 cm³/mol. The fraction of sp³-hybridized carbons (Fsp3) is 0.464. The Morgan fingerprint density at radius 2 is 1.89 bits per heavy atom. The van der Waals surface area contributed by atoms with Crippen LogP contribution in [0.5, 0.6) is 0 Å². The molecule has 37 heavy (non-hydrogen) atoms. The van der Waals surface area contributed by atoms with E-state index in [9.17, 15) is 4.79 Å². The van der Waals surface area contributed by atoms with Gasteiger partial charge in [-0.15, -0.1) is 0 Å². The molecular formula is C28H38N8O. The van der Waals surface area contributed by atoms with Crippen LogP contribution >= 0.6 is 0 Å². The van der Waals surface area contributed by atoms with E-state index >= 15 is 0 Å². The topological polar surface area (TPSA) is 81.6 Å². The van der Waals surface area contributed by atoms with Crippen molar-refractivity contribution >= 4 is 11.7 Å². The lowest BCUT2D eigenvalue weighted by Crippen LogP contribution is -2.45. The summed E-state index contributed by atoms with van der Waals surface area (Å²) in [6, 6.07) is 13.8. The van der Waals surface area contributed by atoms with Gasteiger partial charge in [-0.3, -0.25) is 14.8 Å². The summed E-state index contributed by atoms with van der Waals surface area (Å²) in [5, 5.41) is 5.98. The van der Waals surface area contributed by atoms with E-state index in [1.165, 1.54) is 17.7 Å². The van der Waals surface area contributed by atoms with Gasteiger partial charge in [0.25, 0.3) is 0 Å². The predicted octanol–water partition coefficient (Wildman–Crippen LogP) is 3.31. The molecule has 5 rings (SSSR count). The zero-order valence-electron chi connectivity index (χ0n) is 21.9. The third-order valence-corrected chi connectivity index (χ3v) is 7.53. The lowest BCUT2D eigenvalue weighted by Gasteiger charge is -2.33. The average molecular weight is 503 g/mol. The first-order chi connectivity index (χ1) is 18.1. The number of nitrogens with one attached hydrogen (secondary N) is 2. The van der Waals surface area contributed by atoms with E-state index < -0.39 is 0 Å². The second-order valence-corrected chi connectivity index (χ2v) is 10.2. The molecular weight excluding hydrogens is 464 g/mol. The van der Waals surface area contributed by atoms with Gasteiger partial charge in [-0.1, -0.05) is 24.3 Å². The molecule has 1 aliphatic heterocycles. The molecule has 2 aromatic heterocycles. The number of anilines is 1. The Bertz CT molecular complexity index is 1170. The van der Waals surface area contributed by atoms with Gasteiger partial charge in [0.2, 0.25) is 0 Å². The zero-order valence-corrected chi connectivity index (χ0v) is 21.9. The van der Waals surface area contributed by atoms with E-state index in [1.54, 1.807) is 0 Å². The first-order valence-electron chi connectivity index (χ1n) is 13.2. The molecule has 1 aliphatic carbocycles. The van der Waals surface area contributed by atoms with Crippen molar-refractivity contribution in [1.29, 1.82) is 0 Å². The quantitative estimate of drug-likeness (QED) is 0.492. The van der Waals surface area contributed by atoms with Gasteiger partial charge in [0.1, 0.15) is 0 Å². The van der Waals surface area contributed by atoms with Gasteiger partial charge < -0.3 is 20.1 Å². The molecule has 196 valence electrons. The number of carbonyl (C=O) groups is 1. The number of carbonyl (C=O) groups excluding carboxylic acids is 1. The summed E-state index contributed by atoms with van der Waals surface area (Å²) in [7, 11) is 4.33. The molecule has 1 aromatic carbocycles. The normalized spacial score (nSPS) is 18.5. The van der Waals surface area contributed by atoms with E-state index in [0.29, 0.717) is 13.1 Å². The summed E-state index contributed by atoms with van der Waals surface area (Å²) in [5.41, 5.74) is 5.36. The van der Waals surface area contributed by atoms with E-state index in [-0.39, 0.29) is 12.1 Å². The molecule has 1 fully saturated rings. The number of likely N-dealkylation sites (N-methyl/N-ethyl adjacent to an activating group) is 1. The number of pyridine rings is 1. The third-order valence-electron chi connectivity index (χ3n) is 7.53. The molecule has 9 nitrogen and oxygen atoms in total. The Balaban J connectivity index is 1.31. The Labute approximate surface area is 219 Å². The number of imidazole rings is 1. The largest absolute Gasteiger partial charge is 0.332 e. The highest BCUT2D eigenvalue weighted by molar-refractivity contribution is 5.89. The molecule has 2 aliphatic rings. The van der Waals surface area contributed by atoms with Crippen LogP contribution in [-0.4, -0.2) is 75.5 Å². The average Bonchev–Trinajstić information content (AvgIpc) is 3.29. The minimum Gasteiger partial charge on any atom is -0.332 e. The number of urea groups is 1. The van der Waals surface area contributed by atoms with Crippen LogP contribution in [0.25, 0.3) is 0 Å². The van der Waals surface area contributed by atoms with Crippen LogP contribution in [0.1, 0.15) is 41.5 Å². The number of hydrogen-bond acceptors (Lipinski definition) is 6. The van der Waals surface area contributed by atoms with Gasteiger partial charge in [-0.05, 0) is 57.1 Å². The molecule has 1 saturated heterocycles. The molecule has 0 spiro atoms. The van der Waals surface area contributed by atoms with Crippen molar-refractivity contribution in [2.45, 2.75) is 45.1 Å². The molecule has 0 bridgehead atoms. The molecule has 2 amide bonds. The van der Waals surface area contributed by atoms with Gasteiger partial charge in [0.05, 0.1) is 42.7 Å². The first-order valence-corrected chi connectivity index (χ1v) is 13.2. The summed E-state index contributed by atoms with van der Waals surface area (Å²) < 4.78 is 2.20. The summed E-state index contributed by atoms with van der Waals surface area (Å²) in [4.78, 5) is 29.4. The fourth-order valence-corrected chi connectivity index (χ4v) is 5.33. The number of aryl methyl sites for hydroxylation is 1. The fourth-order valence-electron chi connectivity index (χ4n) is 5.33. The van der Waals surface area contributed by atoms with Crippen LogP contribution in [0.2, 0.25) is 0 Å². The maximum absolute atomic E-state index is 12.7. The Hall–Kier alpha value is -3.27. The number of para-hydroxylation sites is 1. The number of hydrogen-bond donors (Lipinski definition) is 2. The van der Waals surface area contributed by atoms with Crippen LogP contribution < -0.4 is 10.6 Å². The molecule has 0 saturated carbocycles. The van der Waals surface area contributed by atoms with Crippen LogP contribution in [0.4, 0.5) is 10.5 Å². The summed E-state index contributed by atoms with van der Waals surface area (Å²) in [6.45, 7) is 6.06. The first kappa shape index (κ1) is 25.4. The number of nitrogens with zero attached hydrogens (tertiary/aromatic N) is 6. The molecule has 0 unspecified atom stereocenters.